The number of nitrogens with zero attached hydrogens (tertiary/aromatic N) is 1. The summed E-state index contributed by atoms with van der Waals surface area (Å²) in [6.07, 6.45) is 0.909. The third-order valence-corrected chi connectivity index (χ3v) is 5.42. The molecule has 0 unspecified atom stereocenters. The van der Waals surface area contributed by atoms with Gasteiger partial charge in [-0.3, -0.25) is 5.32 Å². The second kappa shape index (κ2) is 9.75. The van der Waals surface area contributed by atoms with Crippen LogP contribution in [0.4, 0.5) is 10.5 Å². The Balaban J connectivity index is 1.44. The monoisotopic (exact) mass is 484 g/mol. The molecule has 0 aliphatic heterocycles. The number of ether oxygens (including phenoxy) is 2. The number of carbonyl (C=O) groups is 2. The lowest BCUT2D eigenvalue weighted by atomic mass is 10.1. The highest BCUT2D eigenvalue weighted by atomic mass is 16.5. The lowest BCUT2D eigenvalue weighted by Crippen LogP contribution is -2.13. The molecule has 0 bridgehead atoms. The van der Waals surface area contributed by atoms with Crippen molar-refractivity contribution in [2.24, 2.45) is 0 Å². The van der Waals surface area contributed by atoms with Crippen LogP contribution in [0.15, 0.2) is 86.6 Å². The Morgan fingerprint density at radius 1 is 0.972 bits per heavy atom. The van der Waals surface area contributed by atoms with Gasteiger partial charge in [-0.2, -0.15) is 0 Å². The number of para-hydroxylation sites is 1. The van der Waals surface area contributed by atoms with Crippen LogP contribution in [0.1, 0.15) is 22.8 Å². The minimum Gasteiger partial charge on any atom is -0.463 e. The number of hydrogen-bond acceptors (Lipinski definition) is 8. The number of aromatic nitrogens is 1. The minimum absolute atomic E-state index is 0.168. The van der Waals surface area contributed by atoms with Gasteiger partial charge in [-0.25, -0.2) is 19.4 Å². The third-order valence-electron chi connectivity index (χ3n) is 5.42. The number of fused-ring (bicyclic) bond motifs is 2. The van der Waals surface area contributed by atoms with E-state index in [2.05, 4.69) is 10.3 Å². The van der Waals surface area contributed by atoms with Crippen LogP contribution < -0.4 is 10.9 Å². The highest BCUT2D eigenvalue weighted by Gasteiger charge is 2.17. The average Bonchev–Trinajstić information content (AvgIpc) is 3.41. The van der Waals surface area contributed by atoms with Crippen LogP contribution in [0.5, 0.6) is 0 Å². The van der Waals surface area contributed by atoms with Gasteiger partial charge in [0.15, 0.2) is 5.76 Å². The molecule has 5 rings (SSSR count). The molecule has 9 nitrogen and oxygen atoms in total. The fourth-order valence-electron chi connectivity index (χ4n) is 3.83. The molecular formula is C27H20N2O7. The zero-order valence-corrected chi connectivity index (χ0v) is 19.1. The summed E-state index contributed by atoms with van der Waals surface area (Å²) in [6.45, 7) is 1.75. The second-order valence-corrected chi connectivity index (χ2v) is 7.77. The van der Waals surface area contributed by atoms with Gasteiger partial charge >= 0.3 is 17.7 Å². The molecule has 0 fully saturated rings. The number of furan rings is 1. The van der Waals surface area contributed by atoms with E-state index < -0.39 is 17.7 Å². The Labute approximate surface area is 204 Å². The maximum atomic E-state index is 13.2. The number of carbonyl (C=O) groups excluding carboxylic acids is 2. The lowest BCUT2D eigenvalue weighted by Gasteiger charge is -2.11. The second-order valence-electron chi connectivity index (χ2n) is 7.77. The van der Waals surface area contributed by atoms with Gasteiger partial charge in [0, 0.05) is 34.2 Å². The van der Waals surface area contributed by atoms with Crippen molar-refractivity contribution >= 4 is 39.6 Å². The molecule has 36 heavy (non-hydrogen) atoms. The summed E-state index contributed by atoms with van der Waals surface area (Å²) in [4.78, 5) is 41.6. The highest BCUT2D eigenvalue weighted by Crippen LogP contribution is 2.27. The highest BCUT2D eigenvalue weighted by molar-refractivity contribution is 6.04. The number of benzene rings is 2. The van der Waals surface area contributed by atoms with Crippen LogP contribution >= 0.6 is 0 Å². The molecular weight excluding hydrogens is 464 g/mol. The molecule has 0 atom stereocenters. The van der Waals surface area contributed by atoms with Crippen molar-refractivity contribution in [2.75, 3.05) is 11.9 Å². The Morgan fingerprint density at radius 2 is 1.83 bits per heavy atom. The van der Waals surface area contributed by atoms with E-state index in [1.165, 1.54) is 18.4 Å². The predicted molar refractivity (Wildman–Crippen MR) is 132 cm³/mol. The van der Waals surface area contributed by atoms with Crippen molar-refractivity contribution in [3.63, 3.8) is 0 Å². The fraction of sp³-hybridized carbons (Fsp3) is 0.111. The molecule has 2 aromatic carbocycles. The molecule has 3 aromatic heterocycles. The molecule has 0 saturated heterocycles. The van der Waals surface area contributed by atoms with Crippen molar-refractivity contribution in [1.29, 1.82) is 0 Å². The van der Waals surface area contributed by atoms with Gasteiger partial charge in [0.05, 0.1) is 24.0 Å². The first-order valence-corrected chi connectivity index (χ1v) is 11.1. The maximum Gasteiger partial charge on any atom is 0.411 e. The van der Waals surface area contributed by atoms with Crippen molar-refractivity contribution < 1.29 is 27.9 Å². The smallest absolute Gasteiger partial charge is 0.411 e. The predicted octanol–water partition coefficient (Wildman–Crippen LogP) is 5.53. The van der Waals surface area contributed by atoms with Gasteiger partial charge in [0.25, 0.3) is 0 Å². The summed E-state index contributed by atoms with van der Waals surface area (Å²) in [5.74, 6) is -0.0582. The summed E-state index contributed by atoms with van der Waals surface area (Å²) in [5, 5.41) is 3.75. The normalized spacial score (nSPS) is 10.9. The van der Waals surface area contributed by atoms with Crippen molar-refractivity contribution in [1.82, 2.24) is 4.98 Å². The van der Waals surface area contributed by atoms with Gasteiger partial charge in [-0.1, -0.05) is 18.2 Å². The molecule has 180 valence electrons. The molecule has 0 radical (unpaired) electrons. The van der Waals surface area contributed by atoms with Crippen molar-refractivity contribution in [3.05, 3.63) is 94.5 Å². The number of rotatable bonds is 6. The number of nitrogens with one attached hydrogen (secondary N) is 1. The number of hydrogen-bond donors (Lipinski definition) is 1. The number of pyridine rings is 1. The van der Waals surface area contributed by atoms with Crippen LogP contribution in [0.25, 0.3) is 33.3 Å². The maximum absolute atomic E-state index is 13.2. The summed E-state index contributed by atoms with van der Waals surface area (Å²) < 4.78 is 21.2. The first-order valence-electron chi connectivity index (χ1n) is 11.1. The van der Waals surface area contributed by atoms with Gasteiger partial charge in [0.1, 0.15) is 17.9 Å². The zero-order valence-electron chi connectivity index (χ0n) is 19.1. The molecule has 0 aliphatic rings. The van der Waals surface area contributed by atoms with Gasteiger partial charge in [-0.15, -0.1) is 0 Å². The van der Waals surface area contributed by atoms with Crippen molar-refractivity contribution in [3.8, 4) is 11.5 Å². The van der Waals surface area contributed by atoms with Crippen LogP contribution in [0.3, 0.4) is 0 Å². The van der Waals surface area contributed by atoms with Crippen LogP contribution in [0, 0.1) is 0 Å². The van der Waals surface area contributed by atoms with E-state index in [1.54, 1.807) is 49.4 Å². The largest absolute Gasteiger partial charge is 0.463 e. The molecule has 9 heteroatoms. The lowest BCUT2D eigenvalue weighted by molar-refractivity contribution is 0.0476. The fourth-order valence-corrected chi connectivity index (χ4v) is 3.83. The average molecular weight is 484 g/mol. The molecule has 0 saturated carbocycles. The first-order chi connectivity index (χ1) is 17.5. The van der Waals surface area contributed by atoms with E-state index in [4.69, 9.17) is 18.3 Å². The van der Waals surface area contributed by atoms with E-state index in [0.717, 1.165) is 0 Å². The first kappa shape index (κ1) is 22.9. The summed E-state index contributed by atoms with van der Waals surface area (Å²) in [6, 6.07) is 18.4. The van der Waals surface area contributed by atoms with Gasteiger partial charge in [-0.05, 0) is 43.3 Å². The van der Waals surface area contributed by atoms with E-state index in [-0.39, 0.29) is 18.8 Å². The Kier molecular flexibility index (Phi) is 6.19. The van der Waals surface area contributed by atoms with Gasteiger partial charge < -0.3 is 18.3 Å². The van der Waals surface area contributed by atoms with Crippen LogP contribution in [-0.2, 0) is 16.1 Å². The molecule has 5 aromatic rings. The minimum atomic E-state index is -0.622. The summed E-state index contributed by atoms with van der Waals surface area (Å²) >= 11 is 0. The Bertz CT molecular complexity index is 1640. The van der Waals surface area contributed by atoms with E-state index in [0.29, 0.717) is 44.6 Å². The SMILES string of the molecule is CCOC(=O)Nc1ccc2c(COC(=O)c3cc(-c4ccco4)nc4ccccc34)cc(=O)oc2c1. The molecule has 3 heterocycles. The molecule has 0 aliphatic carbocycles. The molecule has 1 amide bonds. The molecule has 1 N–H and O–H groups in total. The topological polar surface area (TPSA) is 121 Å². The van der Waals surface area contributed by atoms with Crippen LogP contribution in [0.2, 0.25) is 0 Å². The number of anilines is 1. The van der Waals surface area contributed by atoms with Gasteiger partial charge in [0.2, 0.25) is 0 Å². The summed E-state index contributed by atoms with van der Waals surface area (Å²) in [5.41, 5.74) is 1.91. The van der Waals surface area contributed by atoms with E-state index in [9.17, 15) is 14.4 Å². The standard InChI is InChI=1S/C27H20N2O7/c1-2-33-27(32)28-17-9-10-18-16(12-25(30)36-24(18)13-17)15-35-26(31)20-14-22(23-8-5-11-34-23)29-21-7-4-3-6-19(20)21/h3-14H,2,15H2,1H3,(H,28,32). The number of esters is 1. The molecule has 0 spiro atoms. The van der Waals surface area contributed by atoms with Crippen LogP contribution in [-0.4, -0.2) is 23.7 Å². The van der Waals surface area contributed by atoms with E-state index in [1.807, 2.05) is 12.1 Å². The quantitative estimate of drug-likeness (QED) is 0.247. The summed E-state index contributed by atoms with van der Waals surface area (Å²) in [7, 11) is 0. The Hall–Kier alpha value is -4.92. The Morgan fingerprint density at radius 3 is 2.64 bits per heavy atom. The van der Waals surface area contributed by atoms with Crippen molar-refractivity contribution in [2.45, 2.75) is 13.5 Å². The number of amides is 1. The zero-order chi connectivity index (χ0) is 25.1. The third kappa shape index (κ3) is 4.67. The van der Waals surface area contributed by atoms with E-state index >= 15 is 0 Å².